The van der Waals surface area contributed by atoms with Gasteiger partial charge in [-0.1, -0.05) is 23.7 Å². The molecule has 1 aromatic carbocycles. The van der Waals surface area contributed by atoms with Crippen LogP contribution in [0.5, 0.6) is 0 Å². The standard InChI is InChI=1S/C17H13ClN4O2S.C5H11NO/c1-8-13-14(10-3-5-11(18)6-4-10)19-7-12-21-20-9(2)22(12)16(13)25-15(8)17(23)24;1-4(2)6-5(3)7/h3-6H,7H2,1-2H3,(H,23,24);4H,1-3H3,(H,6,7). The molecule has 3 heterocycles. The molecule has 0 fully saturated rings. The Balaban J connectivity index is 0.000000360. The van der Waals surface area contributed by atoms with Gasteiger partial charge in [-0.3, -0.25) is 14.4 Å². The molecular formula is C22H24ClN5O3S. The molecule has 2 N–H and O–H groups in total. The van der Waals surface area contributed by atoms with Gasteiger partial charge in [0.1, 0.15) is 22.2 Å². The van der Waals surface area contributed by atoms with Gasteiger partial charge in [-0.2, -0.15) is 0 Å². The summed E-state index contributed by atoms with van der Waals surface area (Å²) in [7, 11) is 0. The molecule has 1 aliphatic heterocycles. The number of rotatable bonds is 3. The van der Waals surface area contributed by atoms with Crippen LogP contribution in [-0.2, 0) is 11.3 Å². The minimum atomic E-state index is -0.946. The zero-order chi connectivity index (χ0) is 23.6. The molecule has 0 bridgehead atoms. The lowest BCUT2D eigenvalue weighted by molar-refractivity contribution is -0.119. The van der Waals surface area contributed by atoms with E-state index >= 15 is 0 Å². The summed E-state index contributed by atoms with van der Waals surface area (Å²) >= 11 is 7.22. The zero-order valence-electron chi connectivity index (χ0n) is 18.4. The monoisotopic (exact) mass is 473 g/mol. The molecule has 3 aromatic rings. The van der Waals surface area contributed by atoms with Crippen LogP contribution in [0.1, 0.15) is 58.8 Å². The van der Waals surface area contributed by atoms with E-state index in [0.717, 1.165) is 21.8 Å². The van der Waals surface area contributed by atoms with Crippen molar-refractivity contribution in [3.05, 3.63) is 62.5 Å². The molecule has 0 spiro atoms. The first-order chi connectivity index (χ1) is 15.1. The molecule has 1 aliphatic rings. The molecule has 0 saturated carbocycles. The number of aromatic carboxylic acids is 1. The van der Waals surface area contributed by atoms with Crippen molar-refractivity contribution in [1.29, 1.82) is 0 Å². The summed E-state index contributed by atoms with van der Waals surface area (Å²) in [6.07, 6.45) is 0. The highest BCUT2D eigenvalue weighted by Crippen LogP contribution is 2.36. The van der Waals surface area contributed by atoms with E-state index in [1.807, 2.05) is 44.4 Å². The van der Waals surface area contributed by atoms with Crippen LogP contribution in [0.4, 0.5) is 0 Å². The number of fused-ring (bicyclic) bond motifs is 3. The number of amides is 1. The first-order valence-electron chi connectivity index (χ1n) is 9.96. The Bertz CT molecular complexity index is 1200. The zero-order valence-corrected chi connectivity index (χ0v) is 20.0. The number of carboxylic acids is 1. The van der Waals surface area contributed by atoms with E-state index in [-0.39, 0.29) is 11.9 Å². The highest BCUT2D eigenvalue weighted by atomic mass is 35.5. The Hall–Kier alpha value is -3.04. The maximum atomic E-state index is 11.7. The van der Waals surface area contributed by atoms with E-state index in [1.54, 1.807) is 12.1 Å². The molecule has 32 heavy (non-hydrogen) atoms. The third kappa shape index (κ3) is 4.89. The van der Waals surface area contributed by atoms with Gasteiger partial charge < -0.3 is 10.4 Å². The van der Waals surface area contributed by atoms with Crippen molar-refractivity contribution in [1.82, 2.24) is 20.1 Å². The number of nitrogens with one attached hydrogen (secondary N) is 1. The molecule has 0 saturated heterocycles. The highest BCUT2D eigenvalue weighted by Gasteiger charge is 2.29. The maximum Gasteiger partial charge on any atom is 0.346 e. The van der Waals surface area contributed by atoms with Crippen LogP contribution in [0.3, 0.4) is 0 Å². The second-order valence-corrected chi connectivity index (χ2v) is 9.00. The van der Waals surface area contributed by atoms with Crippen LogP contribution in [-0.4, -0.2) is 43.5 Å². The van der Waals surface area contributed by atoms with Crippen LogP contribution in [0.2, 0.25) is 5.02 Å². The van der Waals surface area contributed by atoms with Gasteiger partial charge in [0.2, 0.25) is 5.91 Å². The summed E-state index contributed by atoms with van der Waals surface area (Å²) < 4.78 is 1.89. The molecule has 0 aliphatic carbocycles. The topological polar surface area (TPSA) is 109 Å². The van der Waals surface area contributed by atoms with Crippen LogP contribution < -0.4 is 5.32 Å². The second kappa shape index (κ2) is 9.62. The lowest BCUT2D eigenvalue weighted by atomic mass is 10.00. The fourth-order valence-corrected chi connectivity index (χ4v) is 4.73. The van der Waals surface area contributed by atoms with Crippen LogP contribution in [0.15, 0.2) is 29.3 Å². The number of nitrogens with zero attached hydrogens (tertiary/aromatic N) is 4. The average Bonchev–Trinajstić information content (AvgIpc) is 3.17. The molecule has 8 nitrogen and oxygen atoms in total. The Morgan fingerprint density at radius 2 is 1.84 bits per heavy atom. The predicted octanol–water partition coefficient (Wildman–Crippen LogP) is 4.18. The van der Waals surface area contributed by atoms with E-state index in [0.29, 0.717) is 33.7 Å². The van der Waals surface area contributed by atoms with Gasteiger partial charge in [0.15, 0.2) is 5.82 Å². The molecule has 2 aromatic heterocycles. The van der Waals surface area contributed by atoms with Gasteiger partial charge in [0.05, 0.1) is 5.71 Å². The van der Waals surface area contributed by atoms with E-state index in [9.17, 15) is 14.7 Å². The molecule has 10 heteroatoms. The Morgan fingerprint density at radius 1 is 1.19 bits per heavy atom. The number of benzene rings is 1. The quantitative estimate of drug-likeness (QED) is 0.593. The number of thiophene rings is 1. The number of aromatic nitrogens is 3. The minimum Gasteiger partial charge on any atom is -0.477 e. The fraction of sp³-hybridized carbons (Fsp3) is 0.318. The third-order valence-electron chi connectivity index (χ3n) is 4.64. The summed E-state index contributed by atoms with van der Waals surface area (Å²) in [5.74, 6) is 0.496. The Kier molecular flexibility index (Phi) is 7.10. The number of carbonyl (C=O) groups excluding carboxylic acids is 1. The van der Waals surface area contributed by atoms with E-state index in [4.69, 9.17) is 16.6 Å². The van der Waals surface area contributed by atoms with Crippen molar-refractivity contribution in [2.75, 3.05) is 0 Å². The van der Waals surface area contributed by atoms with Gasteiger partial charge in [0, 0.05) is 29.1 Å². The summed E-state index contributed by atoms with van der Waals surface area (Å²) in [6.45, 7) is 9.42. The number of hydrogen-bond acceptors (Lipinski definition) is 6. The summed E-state index contributed by atoms with van der Waals surface area (Å²) in [5, 5.41) is 22.0. The molecular weight excluding hydrogens is 450 g/mol. The number of aliphatic imine (C=N–C) groups is 1. The summed E-state index contributed by atoms with van der Waals surface area (Å²) in [5.41, 5.74) is 3.14. The SMILES string of the molecule is CC(=O)NC(C)C.Cc1c(C(=O)O)sc2c1C(c1ccc(Cl)cc1)=NCc1nnc(C)n1-2. The Labute approximate surface area is 195 Å². The number of aryl methyl sites for hydroxylation is 1. The summed E-state index contributed by atoms with van der Waals surface area (Å²) in [4.78, 5) is 26.8. The van der Waals surface area contributed by atoms with Gasteiger partial charge >= 0.3 is 5.97 Å². The first kappa shape index (κ1) is 23.6. The normalized spacial score (nSPS) is 12.2. The van der Waals surface area contributed by atoms with E-state index in [2.05, 4.69) is 15.5 Å². The van der Waals surface area contributed by atoms with Crippen molar-refractivity contribution in [3.63, 3.8) is 0 Å². The average molecular weight is 474 g/mol. The van der Waals surface area contributed by atoms with Crippen LogP contribution in [0, 0.1) is 13.8 Å². The summed E-state index contributed by atoms with van der Waals surface area (Å²) in [6, 6.07) is 7.66. The Morgan fingerprint density at radius 3 is 2.38 bits per heavy atom. The van der Waals surface area contributed by atoms with Crippen molar-refractivity contribution >= 4 is 40.5 Å². The van der Waals surface area contributed by atoms with E-state index < -0.39 is 5.97 Å². The lowest BCUT2D eigenvalue weighted by Crippen LogP contribution is -2.27. The predicted molar refractivity (Wildman–Crippen MR) is 125 cm³/mol. The molecule has 1 amide bonds. The largest absolute Gasteiger partial charge is 0.477 e. The number of carbonyl (C=O) groups is 2. The minimum absolute atomic E-state index is 0.0370. The molecule has 168 valence electrons. The van der Waals surface area contributed by atoms with Crippen molar-refractivity contribution in [2.24, 2.45) is 4.99 Å². The third-order valence-corrected chi connectivity index (χ3v) is 6.16. The van der Waals surface area contributed by atoms with Gasteiger partial charge in [-0.05, 0) is 45.4 Å². The van der Waals surface area contributed by atoms with Crippen LogP contribution >= 0.6 is 22.9 Å². The molecule has 4 rings (SSSR count). The van der Waals surface area contributed by atoms with Gasteiger partial charge in [-0.15, -0.1) is 21.5 Å². The maximum absolute atomic E-state index is 11.7. The van der Waals surface area contributed by atoms with Crippen molar-refractivity contribution in [2.45, 2.75) is 47.2 Å². The highest BCUT2D eigenvalue weighted by molar-refractivity contribution is 7.17. The number of carboxylic acid groups (broad SMARTS) is 1. The van der Waals surface area contributed by atoms with E-state index in [1.165, 1.54) is 18.3 Å². The van der Waals surface area contributed by atoms with Gasteiger partial charge in [0.25, 0.3) is 0 Å². The number of halogens is 1. The van der Waals surface area contributed by atoms with Crippen molar-refractivity contribution in [3.8, 4) is 5.00 Å². The molecule has 0 radical (unpaired) electrons. The number of hydrogen-bond donors (Lipinski definition) is 2. The second-order valence-electron chi connectivity index (χ2n) is 7.57. The fourth-order valence-electron chi connectivity index (χ4n) is 3.39. The van der Waals surface area contributed by atoms with Crippen molar-refractivity contribution < 1.29 is 14.7 Å². The molecule has 0 unspecified atom stereocenters. The first-order valence-corrected chi connectivity index (χ1v) is 11.1. The smallest absolute Gasteiger partial charge is 0.346 e. The van der Waals surface area contributed by atoms with Crippen LogP contribution in [0.25, 0.3) is 5.00 Å². The van der Waals surface area contributed by atoms with Gasteiger partial charge in [-0.25, -0.2) is 4.79 Å². The lowest BCUT2D eigenvalue weighted by Gasteiger charge is -2.09. The molecule has 0 atom stereocenters.